The van der Waals surface area contributed by atoms with Crippen LogP contribution in [-0.2, 0) is 16.0 Å². The van der Waals surface area contributed by atoms with Gasteiger partial charge in [-0.1, -0.05) is 60.2 Å². The Labute approximate surface area is 171 Å². The van der Waals surface area contributed by atoms with Crippen molar-refractivity contribution in [2.75, 3.05) is 13.7 Å². The van der Waals surface area contributed by atoms with E-state index in [2.05, 4.69) is 10.6 Å². The number of aryl methyl sites for hydroxylation is 1. The minimum atomic E-state index is -0.243. The number of benzene rings is 3. The maximum Gasteiger partial charge on any atom is 0.239 e. The third-order valence-electron chi connectivity index (χ3n) is 4.91. The lowest BCUT2D eigenvalue weighted by molar-refractivity contribution is -0.126. The minimum absolute atomic E-state index is 0.0674. The molecule has 0 heterocycles. The molecule has 0 saturated carbocycles. The number of ether oxygens (including phenoxy) is 1. The molecule has 0 aromatic heterocycles. The van der Waals surface area contributed by atoms with Crippen LogP contribution in [0, 0.1) is 6.92 Å². The van der Waals surface area contributed by atoms with Crippen LogP contribution in [-0.4, -0.2) is 25.5 Å². The molecule has 2 amide bonds. The first kappa shape index (κ1) is 20.4. The van der Waals surface area contributed by atoms with Crippen molar-refractivity contribution in [1.29, 1.82) is 0 Å². The van der Waals surface area contributed by atoms with Gasteiger partial charge in [-0.25, -0.2) is 0 Å². The smallest absolute Gasteiger partial charge is 0.239 e. The van der Waals surface area contributed by atoms with Crippen LogP contribution in [0.2, 0.25) is 0 Å². The Bertz CT molecular complexity index is 1020. The van der Waals surface area contributed by atoms with Crippen molar-refractivity contribution < 1.29 is 14.3 Å². The zero-order valence-corrected chi connectivity index (χ0v) is 17.0. The maximum atomic E-state index is 12.4. The van der Waals surface area contributed by atoms with Crippen molar-refractivity contribution in [3.8, 4) is 5.75 Å². The van der Waals surface area contributed by atoms with Crippen LogP contribution in [0.3, 0.4) is 0 Å². The van der Waals surface area contributed by atoms with E-state index in [9.17, 15) is 9.59 Å². The van der Waals surface area contributed by atoms with Crippen molar-refractivity contribution in [3.63, 3.8) is 0 Å². The molecule has 5 heteroatoms. The third kappa shape index (κ3) is 5.13. The second kappa shape index (κ2) is 9.24. The van der Waals surface area contributed by atoms with Crippen LogP contribution < -0.4 is 15.4 Å². The highest BCUT2D eigenvalue weighted by atomic mass is 16.5. The average molecular weight is 390 g/mol. The highest BCUT2D eigenvalue weighted by Gasteiger charge is 2.15. The van der Waals surface area contributed by atoms with Crippen LogP contribution in [0.1, 0.15) is 29.7 Å². The molecule has 0 bridgehead atoms. The number of hydrogen-bond donors (Lipinski definition) is 2. The first-order chi connectivity index (χ1) is 14.0. The van der Waals surface area contributed by atoms with Gasteiger partial charge in [0, 0.05) is 5.56 Å². The second-order valence-corrected chi connectivity index (χ2v) is 7.13. The van der Waals surface area contributed by atoms with E-state index in [1.54, 1.807) is 7.11 Å². The van der Waals surface area contributed by atoms with E-state index in [4.69, 9.17) is 4.74 Å². The van der Waals surface area contributed by atoms with Crippen LogP contribution >= 0.6 is 0 Å². The Morgan fingerprint density at radius 2 is 1.76 bits per heavy atom. The topological polar surface area (TPSA) is 67.4 Å². The molecule has 0 radical (unpaired) electrons. The van der Waals surface area contributed by atoms with Crippen molar-refractivity contribution in [2.45, 2.75) is 26.3 Å². The zero-order chi connectivity index (χ0) is 20.8. The molecule has 0 aliphatic heterocycles. The largest absolute Gasteiger partial charge is 0.496 e. The molecule has 1 unspecified atom stereocenters. The number of carbonyl (C=O) groups excluding carboxylic acids is 2. The lowest BCUT2D eigenvalue weighted by Gasteiger charge is -2.18. The van der Waals surface area contributed by atoms with E-state index in [0.717, 1.165) is 33.2 Å². The van der Waals surface area contributed by atoms with Crippen molar-refractivity contribution >= 4 is 22.6 Å². The van der Waals surface area contributed by atoms with Gasteiger partial charge in [-0.3, -0.25) is 9.59 Å². The van der Waals surface area contributed by atoms with Gasteiger partial charge >= 0.3 is 0 Å². The molecule has 5 nitrogen and oxygen atoms in total. The molecule has 3 rings (SSSR count). The van der Waals surface area contributed by atoms with Crippen molar-refractivity contribution in [2.24, 2.45) is 0 Å². The summed E-state index contributed by atoms with van der Waals surface area (Å²) < 4.78 is 5.38. The van der Waals surface area contributed by atoms with Gasteiger partial charge in [0.2, 0.25) is 11.8 Å². The Morgan fingerprint density at radius 1 is 1.00 bits per heavy atom. The molecule has 0 fully saturated rings. The molecule has 1 atom stereocenters. The van der Waals surface area contributed by atoms with Crippen LogP contribution in [0.25, 0.3) is 10.8 Å². The number of fused-ring (bicyclic) bond motifs is 1. The summed E-state index contributed by atoms with van der Waals surface area (Å²) in [6.07, 6.45) is 0.232. The van der Waals surface area contributed by atoms with Crippen molar-refractivity contribution in [1.82, 2.24) is 10.6 Å². The Balaban J connectivity index is 1.56. The summed E-state index contributed by atoms with van der Waals surface area (Å²) in [7, 11) is 1.61. The highest BCUT2D eigenvalue weighted by molar-refractivity contribution is 5.91. The Morgan fingerprint density at radius 3 is 2.55 bits per heavy atom. The fourth-order valence-electron chi connectivity index (χ4n) is 3.42. The molecular weight excluding hydrogens is 364 g/mol. The molecule has 150 valence electrons. The molecule has 29 heavy (non-hydrogen) atoms. The quantitative estimate of drug-likeness (QED) is 0.647. The molecule has 3 aromatic rings. The summed E-state index contributed by atoms with van der Waals surface area (Å²) in [5.41, 5.74) is 2.94. The van der Waals surface area contributed by atoms with E-state index in [1.807, 2.05) is 74.5 Å². The van der Waals surface area contributed by atoms with E-state index >= 15 is 0 Å². The molecule has 3 aromatic carbocycles. The molecule has 0 aliphatic rings. The summed E-state index contributed by atoms with van der Waals surface area (Å²) in [6.45, 7) is 3.82. The fourth-order valence-corrected chi connectivity index (χ4v) is 3.42. The van der Waals surface area contributed by atoms with Gasteiger partial charge in [0.1, 0.15) is 5.75 Å². The van der Waals surface area contributed by atoms with Gasteiger partial charge in [-0.2, -0.15) is 0 Å². The summed E-state index contributed by atoms with van der Waals surface area (Å²) in [5.74, 6) is 0.299. The van der Waals surface area contributed by atoms with Crippen LogP contribution in [0.4, 0.5) is 0 Å². The molecule has 0 saturated heterocycles. The Kier molecular flexibility index (Phi) is 6.50. The van der Waals surface area contributed by atoms with Crippen LogP contribution in [0.5, 0.6) is 5.75 Å². The predicted octanol–water partition coefficient (Wildman–Crippen LogP) is 3.69. The van der Waals surface area contributed by atoms with E-state index in [0.29, 0.717) is 0 Å². The van der Waals surface area contributed by atoms with Gasteiger partial charge in [0.25, 0.3) is 0 Å². The number of hydrogen-bond acceptors (Lipinski definition) is 3. The maximum absolute atomic E-state index is 12.4. The average Bonchev–Trinajstić information content (AvgIpc) is 2.72. The summed E-state index contributed by atoms with van der Waals surface area (Å²) >= 11 is 0. The molecule has 0 spiro atoms. The number of amides is 2. The Hall–Kier alpha value is -3.34. The summed E-state index contributed by atoms with van der Waals surface area (Å²) in [5, 5.41) is 7.77. The highest BCUT2D eigenvalue weighted by Crippen LogP contribution is 2.26. The van der Waals surface area contributed by atoms with Gasteiger partial charge in [0.05, 0.1) is 26.1 Å². The van der Waals surface area contributed by atoms with Gasteiger partial charge in [-0.15, -0.1) is 0 Å². The SMILES string of the molecule is COc1ccc(C)cc1C(C)NC(=O)CNC(=O)Cc1cccc2ccccc12. The third-order valence-corrected chi connectivity index (χ3v) is 4.91. The predicted molar refractivity (Wildman–Crippen MR) is 115 cm³/mol. The van der Waals surface area contributed by atoms with Gasteiger partial charge in [0.15, 0.2) is 0 Å². The lowest BCUT2D eigenvalue weighted by atomic mass is 10.0. The van der Waals surface area contributed by atoms with Crippen molar-refractivity contribution in [3.05, 3.63) is 77.4 Å². The first-order valence-corrected chi connectivity index (χ1v) is 9.65. The second-order valence-electron chi connectivity index (χ2n) is 7.13. The fraction of sp³-hybridized carbons (Fsp3) is 0.250. The summed E-state index contributed by atoms with van der Waals surface area (Å²) in [6, 6.07) is 19.5. The van der Waals surface area contributed by atoms with Gasteiger partial charge < -0.3 is 15.4 Å². The normalized spacial score (nSPS) is 11.7. The van der Waals surface area contributed by atoms with Crippen LogP contribution in [0.15, 0.2) is 60.7 Å². The standard InChI is InChI=1S/C24H26N2O3/c1-16-11-12-22(29-3)21(13-16)17(2)26-24(28)15-25-23(27)14-19-9-6-8-18-7-4-5-10-20(18)19/h4-13,17H,14-15H2,1-3H3,(H,25,27)(H,26,28). The summed E-state index contributed by atoms with van der Waals surface area (Å²) in [4.78, 5) is 24.7. The monoisotopic (exact) mass is 390 g/mol. The zero-order valence-electron chi connectivity index (χ0n) is 17.0. The number of rotatable bonds is 7. The van der Waals surface area contributed by atoms with E-state index in [1.165, 1.54) is 0 Å². The molecule has 0 aliphatic carbocycles. The van der Waals surface area contributed by atoms with Gasteiger partial charge in [-0.05, 0) is 36.2 Å². The number of carbonyl (C=O) groups is 2. The first-order valence-electron chi connectivity index (χ1n) is 9.65. The molecule has 2 N–H and O–H groups in total. The molecular formula is C24H26N2O3. The number of methoxy groups -OCH3 is 1. The minimum Gasteiger partial charge on any atom is -0.496 e. The lowest BCUT2D eigenvalue weighted by Crippen LogP contribution is -2.38. The van der Waals surface area contributed by atoms with E-state index < -0.39 is 0 Å². The van der Waals surface area contributed by atoms with E-state index in [-0.39, 0.29) is 30.8 Å². The number of nitrogens with one attached hydrogen (secondary N) is 2.